The van der Waals surface area contributed by atoms with E-state index in [1.165, 1.54) is 7.11 Å². The molecule has 0 aliphatic carbocycles. The Morgan fingerprint density at radius 2 is 1.56 bits per heavy atom. The van der Waals surface area contributed by atoms with Crippen LogP contribution >= 0.6 is 15.9 Å². The first-order valence-corrected chi connectivity index (χ1v) is 10.8. The second-order valence-electron chi connectivity index (χ2n) is 6.87. The maximum Gasteiger partial charge on any atom is 0.204 e. The largest absolute Gasteiger partial charge is 0.497 e. The minimum absolute atomic E-state index is 0.0763. The molecular weight excluding hydrogens is 476 g/mol. The van der Waals surface area contributed by atoms with Gasteiger partial charge in [0.1, 0.15) is 12.4 Å². The number of hydrogen-bond acceptors (Lipinski definition) is 6. The van der Waals surface area contributed by atoms with Crippen LogP contribution in [0.5, 0.6) is 23.0 Å². The van der Waals surface area contributed by atoms with E-state index in [1.807, 2.05) is 54.6 Å². The van der Waals surface area contributed by atoms with Crippen LogP contribution in [0.2, 0.25) is 0 Å². The van der Waals surface area contributed by atoms with E-state index in [9.17, 15) is 4.79 Å². The van der Waals surface area contributed by atoms with Gasteiger partial charge in [-0.2, -0.15) is 0 Å². The average Bonchev–Trinajstić information content (AvgIpc) is 2.83. The van der Waals surface area contributed by atoms with Crippen LogP contribution in [0, 0.1) is 0 Å². The smallest absolute Gasteiger partial charge is 0.204 e. The molecule has 0 N–H and O–H groups in total. The van der Waals surface area contributed by atoms with E-state index in [0.717, 1.165) is 21.3 Å². The number of methoxy groups -OCH3 is 2. The summed E-state index contributed by atoms with van der Waals surface area (Å²) in [5.74, 6) is 2.02. The molecule has 0 aliphatic rings. The maximum atomic E-state index is 11.7. The third-order valence-corrected chi connectivity index (χ3v) is 5.03. The number of carbonyl (C=O) groups is 1. The number of halogens is 1. The van der Waals surface area contributed by atoms with Crippen molar-refractivity contribution in [1.82, 2.24) is 0 Å². The molecule has 0 aliphatic heterocycles. The number of benzene rings is 3. The van der Waals surface area contributed by atoms with Gasteiger partial charge >= 0.3 is 0 Å². The molecule has 168 valence electrons. The Labute approximate surface area is 196 Å². The number of aldehydes is 1. The minimum atomic E-state index is -0.831. The first-order valence-electron chi connectivity index (χ1n) is 9.99. The van der Waals surface area contributed by atoms with Crippen molar-refractivity contribution in [2.45, 2.75) is 19.3 Å². The van der Waals surface area contributed by atoms with Gasteiger partial charge in [0.25, 0.3) is 0 Å². The monoisotopic (exact) mass is 500 g/mol. The van der Waals surface area contributed by atoms with Crippen LogP contribution < -0.4 is 18.9 Å². The Balaban J connectivity index is 1.67. The van der Waals surface area contributed by atoms with Crippen molar-refractivity contribution in [2.75, 3.05) is 20.8 Å². The second kappa shape index (κ2) is 12.1. The summed E-state index contributed by atoms with van der Waals surface area (Å²) in [7, 11) is 3.15. The molecular formula is C25H25BrO6. The zero-order valence-corrected chi connectivity index (χ0v) is 19.5. The zero-order chi connectivity index (χ0) is 22.8. The normalized spacial score (nSPS) is 11.5. The van der Waals surface area contributed by atoms with E-state index >= 15 is 0 Å². The van der Waals surface area contributed by atoms with E-state index < -0.39 is 6.10 Å². The lowest BCUT2D eigenvalue weighted by Gasteiger charge is -2.20. The van der Waals surface area contributed by atoms with Gasteiger partial charge in [0.15, 0.2) is 23.9 Å². The lowest BCUT2D eigenvalue weighted by molar-refractivity contribution is -0.116. The summed E-state index contributed by atoms with van der Waals surface area (Å²) >= 11 is 3.46. The molecule has 0 saturated heterocycles. The lowest BCUT2D eigenvalue weighted by atomic mass is 10.2. The fourth-order valence-corrected chi connectivity index (χ4v) is 3.34. The first kappa shape index (κ1) is 23.6. The molecule has 6 nitrogen and oxygen atoms in total. The highest BCUT2D eigenvalue weighted by Crippen LogP contribution is 2.41. The van der Waals surface area contributed by atoms with Gasteiger partial charge in [0.2, 0.25) is 5.75 Å². The van der Waals surface area contributed by atoms with Crippen LogP contribution in [0.25, 0.3) is 0 Å². The molecule has 1 atom stereocenters. The van der Waals surface area contributed by atoms with Crippen molar-refractivity contribution in [3.63, 3.8) is 0 Å². The molecule has 7 heteroatoms. The molecule has 0 bridgehead atoms. The summed E-state index contributed by atoms with van der Waals surface area (Å²) in [4.78, 5) is 11.7. The van der Waals surface area contributed by atoms with Gasteiger partial charge in [-0.1, -0.05) is 58.4 Å². The van der Waals surface area contributed by atoms with Gasteiger partial charge in [-0.3, -0.25) is 4.79 Å². The summed E-state index contributed by atoms with van der Waals surface area (Å²) in [5.41, 5.74) is 1.97. The van der Waals surface area contributed by atoms with Gasteiger partial charge in [0, 0.05) is 4.47 Å². The van der Waals surface area contributed by atoms with Crippen LogP contribution in [0.3, 0.4) is 0 Å². The number of rotatable bonds is 12. The zero-order valence-electron chi connectivity index (χ0n) is 18.0. The Bertz CT molecular complexity index is 991. The number of hydrogen-bond donors (Lipinski definition) is 0. The van der Waals surface area contributed by atoms with Crippen LogP contribution in [-0.2, 0) is 22.7 Å². The minimum Gasteiger partial charge on any atom is -0.497 e. The van der Waals surface area contributed by atoms with Crippen molar-refractivity contribution in [3.8, 4) is 23.0 Å². The molecule has 3 aromatic carbocycles. The quantitative estimate of drug-likeness (QED) is 0.318. The van der Waals surface area contributed by atoms with Gasteiger partial charge in [-0.15, -0.1) is 0 Å². The third kappa shape index (κ3) is 6.73. The summed E-state index contributed by atoms with van der Waals surface area (Å²) in [6.45, 7) is 0.760. The molecule has 3 aromatic rings. The molecule has 0 heterocycles. The molecule has 0 spiro atoms. The second-order valence-corrected chi connectivity index (χ2v) is 7.78. The van der Waals surface area contributed by atoms with E-state index in [2.05, 4.69) is 15.9 Å². The predicted octanol–water partition coefficient (Wildman–Crippen LogP) is 5.21. The highest BCUT2D eigenvalue weighted by atomic mass is 79.9. The fraction of sp³-hybridized carbons (Fsp3) is 0.240. The van der Waals surface area contributed by atoms with Crippen molar-refractivity contribution >= 4 is 22.2 Å². The fourth-order valence-electron chi connectivity index (χ4n) is 2.92. The van der Waals surface area contributed by atoms with Gasteiger partial charge < -0.3 is 23.7 Å². The third-order valence-electron chi connectivity index (χ3n) is 4.57. The highest BCUT2D eigenvalue weighted by Gasteiger charge is 2.19. The van der Waals surface area contributed by atoms with Crippen LogP contribution in [0.4, 0.5) is 0 Å². The van der Waals surface area contributed by atoms with Gasteiger partial charge in [-0.25, -0.2) is 0 Å². The summed E-state index contributed by atoms with van der Waals surface area (Å²) in [5, 5.41) is 0. The van der Waals surface area contributed by atoms with E-state index in [1.54, 1.807) is 19.2 Å². The van der Waals surface area contributed by atoms with Crippen LogP contribution in [-0.4, -0.2) is 33.2 Å². The molecule has 0 unspecified atom stereocenters. The lowest BCUT2D eigenvalue weighted by Crippen LogP contribution is -2.25. The van der Waals surface area contributed by atoms with Gasteiger partial charge in [0.05, 0.1) is 27.4 Å². The number of carbonyl (C=O) groups excluding carboxylic acids is 1. The molecule has 3 rings (SSSR count). The Morgan fingerprint density at radius 3 is 2.22 bits per heavy atom. The average molecular weight is 501 g/mol. The maximum absolute atomic E-state index is 11.7. The van der Waals surface area contributed by atoms with Crippen LogP contribution in [0.1, 0.15) is 11.1 Å². The van der Waals surface area contributed by atoms with E-state index in [4.69, 9.17) is 23.7 Å². The molecule has 0 saturated carbocycles. The summed E-state index contributed by atoms with van der Waals surface area (Å²) in [6.07, 6.45) is -0.126. The van der Waals surface area contributed by atoms with Crippen molar-refractivity contribution in [2.24, 2.45) is 0 Å². The number of ether oxygens (including phenoxy) is 5. The molecule has 0 amide bonds. The first-order chi connectivity index (χ1) is 15.6. The van der Waals surface area contributed by atoms with E-state index in [0.29, 0.717) is 36.7 Å². The summed E-state index contributed by atoms with van der Waals surface area (Å²) < 4.78 is 29.0. The molecule has 32 heavy (non-hydrogen) atoms. The molecule has 0 aromatic heterocycles. The highest BCUT2D eigenvalue weighted by molar-refractivity contribution is 9.10. The van der Waals surface area contributed by atoms with Crippen molar-refractivity contribution in [3.05, 3.63) is 82.3 Å². The Kier molecular flexibility index (Phi) is 8.95. The van der Waals surface area contributed by atoms with Crippen molar-refractivity contribution in [1.29, 1.82) is 0 Å². The Hall–Kier alpha value is -3.03. The Morgan fingerprint density at radius 1 is 0.875 bits per heavy atom. The van der Waals surface area contributed by atoms with Gasteiger partial charge in [-0.05, 0) is 35.4 Å². The topological polar surface area (TPSA) is 63.2 Å². The standard InChI is InChI=1S/C25H25BrO6/c1-28-21-10-8-19(9-11-21)15-30-17-22(14-27)32-25-23(29-2)12-20(26)13-24(25)31-16-18-6-4-3-5-7-18/h3-14,22H,15-17H2,1-2H3/t22-/m0/s1. The van der Waals surface area contributed by atoms with E-state index in [-0.39, 0.29) is 6.61 Å². The predicted molar refractivity (Wildman–Crippen MR) is 125 cm³/mol. The van der Waals surface area contributed by atoms with Crippen molar-refractivity contribution < 1.29 is 28.5 Å². The summed E-state index contributed by atoms with van der Waals surface area (Å²) in [6, 6.07) is 20.8. The van der Waals surface area contributed by atoms with Crippen LogP contribution in [0.15, 0.2) is 71.2 Å². The SMILES string of the molecule is COc1ccc(COC[C@H](C=O)Oc2c(OC)cc(Br)cc2OCc2ccccc2)cc1. The molecule has 0 radical (unpaired) electrons. The molecule has 0 fully saturated rings.